The third-order valence-electron chi connectivity index (χ3n) is 5.04. The number of carboxylic acids is 1. The van der Waals surface area contributed by atoms with E-state index in [0.29, 0.717) is 23.7 Å². The van der Waals surface area contributed by atoms with Crippen LogP contribution in [0.1, 0.15) is 36.5 Å². The Morgan fingerprint density at radius 2 is 1.69 bits per heavy atom. The van der Waals surface area contributed by atoms with E-state index in [0.717, 1.165) is 33.4 Å². The number of rotatable bonds is 7. The molecule has 29 heavy (non-hydrogen) atoms. The van der Waals surface area contributed by atoms with E-state index in [9.17, 15) is 9.18 Å². The molecule has 2 aromatic carbocycles. The second kappa shape index (κ2) is 8.39. The molecular formula is C23H23FO5. The fourth-order valence-corrected chi connectivity index (χ4v) is 3.66. The van der Waals surface area contributed by atoms with Gasteiger partial charge in [0.05, 0.1) is 21.3 Å². The average Bonchev–Trinajstić information content (AvgIpc) is 2.95. The fraction of sp³-hybridized carbons (Fsp3) is 0.261. The first-order chi connectivity index (χ1) is 13.9. The number of allylic oxidation sites excluding steroid dienone is 3. The number of halogens is 1. The summed E-state index contributed by atoms with van der Waals surface area (Å²) in [7, 11) is 4.65. The summed E-state index contributed by atoms with van der Waals surface area (Å²) >= 11 is 0. The van der Waals surface area contributed by atoms with Gasteiger partial charge in [-0.05, 0) is 77.1 Å². The SMILES string of the molecule is COc1cc(/C=C2/C(C)=C(CCC(=O)O)c3cc(F)ccc32)cc(OC)c1OC. The molecule has 1 aliphatic rings. The second-order valence-corrected chi connectivity index (χ2v) is 6.70. The first-order valence-corrected chi connectivity index (χ1v) is 9.13. The van der Waals surface area contributed by atoms with Gasteiger partial charge in [-0.25, -0.2) is 4.39 Å². The number of carboxylic acid groups (broad SMARTS) is 1. The summed E-state index contributed by atoms with van der Waals surface area (Å²) in [5.41, 5.74) is 5.12. The van der Waals surface area contributed by atoms with Gasteiger partial charge < -0.3 is 19.3 Å². The van der Waals surface area contributed by atoms with Crippen LogP contribution >= 0.6 is 0 Å². The lowest BCUT2D eigenvalue weighted by molar-refractivity contribution is -0.136. The Labute approximate surface area is 169 Å². The van der Waals surface area contributed by atoms with E-state index in [1.54, 1.807) is 27.4 Å². The van der Waals surface area contributed by atoms with Crippen LogP contribution in [-0.4, -0.2) is 32.4 Å². The zero-order chi connectivity index (χ0) is 21.1. The van der Waals surface area contributed by atoms with Crippen LogP contribution in [0.5, 0.6) is 17.2 Å². The third kappa shape index (κ3) is 3.97. The summed E-state index contributed by atoms with van der Waals surface area (Å²) in [6, 6.07) is 8.27. The standard InChI is InChI=1S/C23H23FO5/c1-13-16(7-8-22(25)26)19-12-15(24)5-6-17(19)18(13)9-14-10-20(27-2)23(29-4)21(11-14)28-3/h5-6,9-12H,7-8H2,1-4H3,(H,25,26)/b18-9-. The molecule has 0 atom stereocenters. The molecule has 6 heteroatoms. The number of ether oxygens (including phenoxy) is 3. The molecule has 3 rings (SSSR count). The summed E-state index contributed by atoms with van der Waals surface area (Å²) in [6.45, 7) is 1.93. The van der Waals surface area contributed by atoms with E-state index in [1.807, 2.05) is 25.1 Å². The van der Waals surface area contributed by atoms with Crippen molar-refractivity contribution in [3.63, 3.8) is 0 Å². The molecule has 0 radical (unpaired) electrons. The zero-order valence-corrected chi connectivity index (χ0v) is 16.8. The summed E-state index contributed by atoms with van der Waals surface area (Å²) in [6.07, 6.45) is 2.29. The minimum Gasteiger partial charge on any atom is -0.493 e. The van der Waals surface area contributed by atoms with Crippen molar-refractivity contribution < 1.29 is 28.5 Å². The Balaban J connectivity index is 2.15. The fourth-order valence-electron chi connectivity index (χ4n) is 3.66. The van der Waals surface area contributed by atoms with E-state index in [1.165, 1.54) is 12.1 Å². The smallest absolute Gasteiger partial charge is 0.303 e. The highest BCUT2D eigenvalue weighted by Crippen LogP contribution is 2.45. The van der Waals surface area contributed by atoms with Gasteiger partial charge in [-0.15, -0.1) is 0 Å². The molecular weight excluding hydrogens is 375 g/mol. The van der Waals surface area contributed by atoms with Crippen LogP contribution in [0.2, 0.25) is 0 Å². The van der Waals surface area contributed by atoms with Crippen LogP contribution in [0.4, 0.5) is 4.39 Å². The molecule has 0 aromatic heterocycles. The normalized spacial score (nSPS) is 14.2. The Hall–Kier alpha value is -3.28. The van der Waals surface area contributed by atoms with Crippen LogP contribution in [0.15, 0.2) is 35.9 Å². The average molecular weight is 398 g/mol. The predicted molar refractivity (Wildman–Crippen MR) is 110 cm³/mol. The van der Waals surface area contributed by atoms with Crippen molar-refractivity contribution in [2.24, 2.45) is 0 Å². The predicted octanol–water partition coefficient (Wildman–Crippen LogP) is 5.04. The molecule has 0 fully saturated rings. The van der Waals surface area contributed by atoms with Crippen LogP contribution in [-0.2, 0) is 4.79 Å². The van der Waals surface area contributed by atoms with Crippen molar-refractivity contribution in [2.75, 3.05) is 21.3 Å². The molecule has 5 nitrogen and oxygen atoms in total. The maximum atomic E-state index is 13.9. The van der Waals surface area contributed by atoms with Crippen LogP contribution < -0.4 is 14.2 Å². The quantitative estimate of drug-likeness (QED) is 0.708. The third-order valence-corrected chi connectivity index (χ3v) is 5.04. The maximum Gasteiger partial charge on any atom is 0.303 e. The molecule has 0 saturated carbocycles. The van der Waals surface area contributed by atoms with Gasteiger partial charge in [-0.3, -0.25) is 4.79 Å². The minimum absolute atomic E-state index is 0.0138. The number of fused-ring (bicyclic) bond motifs is 1. The Morgan fingerprint density at radius 3 is 2.24 bits per heavy atom. The summed E-state index contributed by atoms with van der Waals surface area (Å²) in [5.74, 6) is 0.330. The number of carbonyl (C=O) groups is 1. The van der Waals surface area contributed by atoms with Gasteiger partial charge >= 0.3 is 5.97 Å². The van der Waals surface area contributed by atoms with Gasteiger partial charge in [0.25, 0.3) is 0 Å². The number of hydrogen-bond acceptors (Lipinski definition) is 4. The first-order valence-electron chi connectivity index (χ1n) is 9.13. The van der Waals surface area contributed by atoms with Gasteiger partial charge in [-0.1, -0.05) is 6.07 Å². The zero-order valence-electron chi connectivity index (χ0n) is 16.8. The molecule has 0 amide bonds. The molecule has 0 bridgehead atoms. The molecule has 0 unspecified atom stereocenters. The highest BCUT2D eigenvalue weighted by molar-refractivity contribution is 6.05. The van der Waals surface area contributed by atoms with Crippen molar-refractivity contribution >= 4 is 23.2 Å². The summed E-state index contributed by atoms with van der Waals surface area (Å²) < 4.78 is 30.1. The largest absolute Gasteiger partial charge is 0.493 e. The Kier molecular flexibility index (Phi) is 5.92. The Morgan fingerprint density at radius 1 is 1.03 bits per heavy atom. The monoisotopic (exact) mass is 398 g/mol. The molecule has 0 spiro atoms. The van der Waals surface area contributed by atoms with E-state index in [-0.39, 0.29) is 12.2 Å². The van der Waals surface area contributed by atoms with Gasteiger partial charge in [0.2, 0.25) is 5.75 Å². The van der Waals surface area contributed by atoms with E-state index in [4.69, 9.17) is 19.3 Å². The van der Waals surface area contributed by atoms with Crippen LogP contribution in [0, 0.1) is 5.82 Å². The maximum absolute atomic E-state index is 13.9. The van der Waals surface area contributed by atoms with Crippen molar-refractivity contribution in [3.8, 4) is 17.2 Å². The van der Waals surface area contributed by atoms with Crippen LogP contribution in [0.3, 0.4) is 0 Å². The van der Waals surface area contributed by atoms with Crippen molar-refractivity contribution in [2.45, 2.75) is 19.8 Å². The first kappa shape index (κ1) is 20.5. The summed E-state index contributed by atoms with van der Waals surface area (Å²) in [5, 5.41) is 9.08. The summed E-state index contributed by atoms with van der Waals surface area (Å²) in [4.78, 5) is 11.1. The second-order valence-electron chi connectivity index (χ2n) is 6.70. The molecule has 1 N–H and O–H groups in total. The lowest BCUT2D eigenvalue weighted by Crippen LogP contribution is -1.95. The van der Waals surface area contributed by atoms with Gasteiger partial charge in [0.15, 0.2) is 11.5 Å². The number of methoxy groups -OCH3 is 3. The molecule has 0 heterocycles. The molecule has 2 aromatic rings. The van der Waals surface area contributed by atoms with Crippen molar-refractivity contribution in [3.05, 3.63) is 58.4 Å². The lowest BCUT2D eigenvalue weighted by atomic mass is 10.00. The molecule has 0 saturated heterocycles. The molecule has 0 aliphatic heterocycles. The van der Waals surface area contributed by atoms with E-state index < -0.39 is 5.97 Å². The highest BCUT2D eigenvalue weighted by Gasteiger charge is 2.25. The number of benzene rings is 2. The molecule has 152 valence electrons. The van der Waals surface area contributed by atoms with E-state index >= 15 is 0 Å². The highest BCUT2D eigenvalue weighted by atomic mass is 19.1. The van der Waals surface area contributed by atoms with Gasteiger partial charge in [-0.2, -0.15) is 0 Å². The van der Waals surface area contributed by atoms with Gasteiger partial charge in [0.1, 0.15) is 5.82 Å². The van der Waals surface area contributed by atoms with Crippen molar-refractivity contribution in [1.29, 1.82) is 0 Å². The molecule has 1 aliphatic carbocycles. The Bertz CT molecular complexity index is 995. The minimum atomic E-state index is -0.884. The van der Waals surface area contributed by atoms with Gasteiger partial charge in [0, 0.05) is 6.42 Å². The van der Waals surface area contributed by atoms with Crippen molar-refractivity contribution in [1.82, 2.24) is 0 Å². The number of aliphatic carboxylic acids is 1. The topological polar surface area (TPSA) is 65.0 Å². The van der Waals surface area contributed by atoms with E-state index in [2.05, 4.69) is 0 Å². The van der Waals surface area contributed by atoms with Crippen LogP contribution in [0.25, 0.3) is 17.2 Å². The number of hydrogen-bond donors (Lipinski definition) is 1. The lowest BCUT2D eigenvalue weighted by Gasteiger charge is -2.13.